The summed E-state index contributed by atoms with van der Waals surface area (Å²) in [5, 5.41) is 2.50. The number of likely N-dealkylation sites (tertiary alicyclic amines) is 1. The van der Waals surface area contributed by atoms with E-state index in [1.807, 2.05) is 24.3 Å². The van der Waals surface area contributed by atoms with Crippen molar-refractivity contribution in [2.45, 2.75) is 30.8 Å². The molecule has 1 heterocycles. The van der Waals surface area contributed by atoms with E-state index < -0.39 is 15.9 Å². The minimum absolute atomic E-state index is 0.0222. The van der Waals surface area contributed by atoms with Gasteiger partial charge in [0.2, 0.25) is 10.0 Å². The molecule has 2 aromatic carbocycles. The van der Waals surface area contributed by atoms with Crippen molar-refractivity contribution in [3.8, 4) is 5.75 Å². The Labute approximate surface area is 172 Å². The number of rotatable bonds is 8. The first-order valence-corrected chi connectivity index (χ1v) is 11.1. The average Bonchev–Trinajstić information content (AvgIpc) is 3.25. The molecule has 0 atom stereocenters. The van der Waals surface area contributed by atoms with Crippen LogP contribution in [0.25, 0.3) is 0 Å². The number of hydrogen-bond donors (Lipinski definition) is 2. The number of hydrogen-bond acceptors (Lipinski definition) is 5. The highest BCUT2D eigenvalue weighted by molar-refractivity contribution is 7.89. The molecule has 0 saturated carbocycles. The van der Waals surface area contributed by atoms with E-state index >= 15 is 0 Å². The number of methoxy groups -OCH3 is 1. The van der Waals surface area contributed by atoms with Crippen LogP contribution in [0.1, 0.15) is 34.3 Å². The van der Waals surface area contributed by atoms with Gasteiger partial charge in [0.1, 0.15) is 5.75 Å². The van der Waals surface area contributed by atoms with Gasteiger partial charge in [-0.3, -0.25) is 9.69 Å². The first-order chi connectivity index (χ1) is 13.9. The van der Waals surface area contributed by atoms with Crippen LogP contribution in [0.3, 0.4) is 0 Å². The van der Waals surface area contributed by atoms with Crippen molar-refractivity contribution in [1.82, 2.24) is 14.9 Å². The minimum Gasteiger partial charge on any atom is -0.496 e. The van der Waals surface area contributed by atoms with Gasteiger partial charge in [0.15, 0.2) is 0 Å². The topological polar surface area (TPSA) is 87.7 Å². The predicted molar refractivity (Wildman–Crippen MR) is 111 cm³/mol. The van der Waals surface area contributed by atoms with Crippen LogP contribution in [-0.4, -0.2) is 46.5 Å². The Morgan fingerprint density at radius 3 is 2.45 bits per heavy atom. The molecule has 1 fully saturated rings. The van der Waals surface area contributed by atoms with Gasteiger partial charge in [-0.25, -0.2) is 13.1 Å². The van der Waals surface area contributed by atoms with Crippen LogP contribution in [-0.2, 0) is 23.1 Å². The van der Waals surface area contributed by atoms with Crippen LogP contribution < -0.4 is 14.8 Å². The van der Waals surface area contributed by atoms with Gasteiger partial charge in [0.25, 0.3) is 5.91 Å². The van der Waals surface area contributed by atoms with Crippen LogP contribution >= 0.6 is 0 Å². The summed E-state index contributed by atoms with van der Waals surface area (Å²) >= 11 is 0. The molecule has 1 saturated heterocycles. The molecule has 0 aromatic heterocycles. The number of sulfonamides is 1. The van der Waals surface area contributed by atoms with Gasteiger partial charge < -0.3 is 10.1 Å². The van der Waals surface area contributed by atoms with Crippen molar-refractivity contribution in [1.29, 1.82) is 0 Å². The van der Waals surface area contributed by atoms with E-state index in [9.17, 15) is 13.2 Å². The Morgan fingerprint density at radius 2 is 1.79 bits per heavy atom. The van der Waals surface area contributed by atoms with Gasteiger partial charge in [-0.05, 0) is 55.3 Å². The van der Waals surface area contributed by atoms with E-state index in [2.05, 4.69) is 14.9 Å². The normalized spacial score (nSPS) is 14.7. The van der Waals surface area contributed by atoms with Gasteiger partial charge in [-0.1, -0.05) is 24.3 Å². The molecule has 0 bridgehead atoms. The molecule has 8 heteroatoms. The molecule has 0 aliphatic carbocycles. The molecule has 0 spiro atoms. The Kier molecular flexibility index (Phi) is 6.89. The smallest absolute Gasteiger partial charge is 0.254 e. The fraction of sp³-hybridized carbons (Fsp3) is 0.381. The first-order valence-electron chi connectivity index (χ1n) is 9.63. The highest BCUT2D eigenvalue weighted by atomic mass is 32.2. The molecule has 3 rings (SSSR count). The molecule has 7 nitrogen and oxygen atoms in total. The Bertz CT molecular complexity index is 970. The summed E-state index contributed by atoms with van der Waals surface area (Å²) in [4.78, 5) is 14.5. The zero-order valence-electron chi connectivity index (χ0n) is 16.8. The number of carbonyl (C=O) groups excluding carboxylic acids is 1. The van der Waals surface area contributed by atoms with E-state index in [1.54, 1.807) is 0 Å². The lowest BCUT2D eigenvalue weighted by Gasteiger charge is -2.18. The van der Waals surface area contributed by atoms with Crippen LogP contribution in [0.15, 0.2) is 47.4 Å². The number of benzene rings is 2. The molecule has 1 amide bonds. The highest BCUT2D eigenvalue weighted by Gasteiger charge is 2.20. The van der Waals surface area contributed by atoms with Gasteiger partial charge in [-0.15, -0.1) is 0 Å². The molecular formula is C21H27N3O4S. The van der Waals surface area contributed by atoms with Crippen molar-refractivity contribution in [3.05, 3.63) is 59.2 Å². The molecule has 2 N–H and O–H groups in total. The van der Waals surface area contributed by atoms with E-state index in [-0.39, 0.29) is 17.0 Å². The van der Waals surface area contributed by atoms with Crippen LogP contribution in [0.2, 0.25) is 0 Å². The standard InChI is InChI=1S/C21H27N3O4S/c1-22-21(25)19-13-18(9-10-20(19)28-2)29(26,27)23-14-16-7-3-4-8-17(16)15-24-11-5-6-12-24/h3-4,7-10,13,23H,5-6,11-12,14-15H2,1-2H3,(H,22,25). The van der Waals surface area contributed by atoms with Crippen molar-refractivity contribution in [2.75, 3.05) is 27.2 Å². The molecule has 0 radical (unpaired) electrons. The minimum atomic E-state index is -3.79. The molecule has 29 heavy (non-hydrogen) atoms. The van der Waals surface area contributed by atoms with Gasteiger partial charge in [0.05, 0.1) is 17.6 Å². The van der Waals surface area contributed by atoms with E-state index in [1.165, 1.54) is 45.2 Å². The van der Waals surface area contributed by atoms with Crippen molar-refractivity contribution < 1.29 is 17.9 Å². The molecular weight excluding hydrogens is 390 g/mol. The monoisotopic (exact) mass is 417 g/mol. The van der Waals surface area contributed by atoms with Crippen LogP contribution in [0.4, 0.5) is 0 Å². The Hall–Kier alpha value is -2.42. The summed E-state index contributed by atoms with van der Waals surface area (Å²) in [5.41, 5.74) is 2.24. The largest absolute Gasteiger partial charge is 0.496 e. The second-order valence-electron chi connectivity index (χ2n) is 7.02. The zero-order chi connectivity index (χ0) is 20.9. The number of amides is 1. The summed E-state index contributed by atoms with van der Waals surface area (Å²) in [6.45, 7) is 3.16. The second kappa shape index (κ2) is 9.39. The first kappa shape index (κ1) is 21.3. The summed E-state index contributed by atoms with van der Waals surface area (Å²) in [5.74, 6) is -0.0888. The molecule has 0 unspecified atom stereocenters. The lowest BCUT2D eigenvalue weighted by atomic mass is 10.1. The summed E-state index contributed by atoms with van der Waals surface area (Å²) < 4.78 is 33.5. The van der Waals surface area contributed by atoms with Crippen molar-refractivity contribution in [3.63, 3.8) is 0 Å². The van der Waals surface area contributed by atoms with Crippen LogP contribution in [0.5, 0.6) is 5.75 Å². The number of nitrogens with one attached hydrogen (secondary N) is 2. The number of ether oxygens (including phenoxy) is 1. The quantitative estimate of drug-likeness (QED) is 0.687. The van der Waals surface area contributed by atoms with Gasteiger partial charge in [0, 0.05) is 20.1 Å². The lowest BCUT2D eigenvalue weighted by molar-refractivity contribution is 0.0960. The van der Waals surface area contributed by atoms with Crippen LogP contribution in [0, 0.1) is 0 Å². The zero-order valence-corrected chi connectivity index (χ0v) is 17.6. The van der Waals surface area contributed by atoms with E-state index in [0.717, 1.165) is 30.8 Å². The summed E-state index contributed by atoms with van der Waals surface area (Å²) in [6.07, 6.45) is 2.42. The third-order valence-electron chi connectivity index (χ3n) is 5.12. The average molecular weight is 418 g/mol. The Morgan fingerprint density at radius 1 is 1.10 bits per heavy atom. The molecule has 156 valence electrons. The lowest BCUT2D eigenvalue weighted by Crippen LogP contribution is -2.26. The molecule has 1 aliphatic heterocycles. The van der Waals surface area contributed by atoms with E-state index in [0.29, 0.717) is 5.75 Å². The highest BCUT2D eigenvalue weighted by Crippen LogP contribution is 2.23. The third kappa shape index (κ3) is 5.14. The van der Waals surface area contributed by atoms with Crippen molar-refractivity contribution in [2.24, 2.45) is 0 Å². The molecule has 2 aromatic rings. The fourth-order valence-electron chi connectivity index (χ4n) is 3.49. The summed E-state index contributed by atoms with van der Waals surface area (Å²) in [7, 11) is -0.870. The van der Waals surface area contributed by atoms with E-state index in [4.69, 9.17) is 4.74 Å². The van der Waals surface area contributed by atoms with Crippen molar-refractivity contribution >= 4 is 15.9 Å². The second-order valence-corrected chi connectivity index (χ2v) is 8.78. The maximum Gasteiger partial charge on any atom is 0.254 e. The number of carbonyl (C=O) groups is 1. The maximum absolute atomic E-state index is 12.8. The SMILES string of the molecule is CNC(=O)c1cc(S(=O)(=O)NCc2ccccc2CN2CCCC2)ccc1OC. The fourth-order valence-corrected chi connectivity index (χ4v) is 4.52. The molecule has 1 aliphatic rings. The van der Waals surface area contributed by atoms with Gasteiger partial charge >= 0.3 is 0 Å². The third-order valence-corrected chi connectivity index (χ3v) is 6.52. The van der Waals surface area contributed by atoms with Gasteiger partial charge in [-0.2, -0.15) is 0 Å². The maximum atomic E-state index is 12.8. The number of nitrogens with zero attached hydrogens (tertiary/aromatic N) is 1. The Balaban J connectivity index is 1.78. The summed E-state index contributed by atoms with van der Waals surface area (Å²) in [6, 6.07) is 12.1. The predicted octanol–water partition coefficient (Wildman–Crippen LogP) is 2.13.